The van der Waals surface area contributed by atoms with Gasteiger partial charge in [-0.15, -0.1) is 0 Å². The zero-order chi connectivity index (χ0) is 27.1. The van der Waals surface area contributed by atoms with Crippen molar-refractivity contribution in [1.82, 2.24) is 15.5 Å². The second kappa shape index (κ2) is 12.4. The summed E-state index contributed by atoms with van der Waals surface area (Å²) in [5, 5.41) is 5.87. The van der Waals surface area contributed by atoms with E-state index in [9.17, 15) is 14.4 Å². The first-order valence-corrected chi connectivity index (χ1v) is 12.7. The maximum Gasteiger partial charge on any atom is 0.408 e. The summed E-state index contributed by atoms with van der Waals surface area (Å²) < 4.78 is 5.45. The largest absolute Gasteiger partial charge is 0.444 e. The van der Waals surface area contributed by atoms with Crippen molar-refractivity contribution in [3.05, 3.63) is 34.9 Å². The number of ether oxygens (including phenoxy) is 1. The number of hydrogen-bond donors (Lipinski definition) is 2. The fraction of sp³-hybridized carbons (Fsp3) is 0.679. The first-order valence-electron chi connectivity index (χ1n) is 12.7. The Bertz CT molecular complexity index is 883. The van der Waals surface area contributed by atoms with Crippen LogP contribution in [-0.2, 0) is 14.3 Å². The SMILES string of the molecule is CCCN(C(=O)C(NC(=O)OC(C)(C)C)C(C)CC)C(C(=O)NC(C)(C)C)c1cc(C)ccc1C. The van der Waals surface area contributed by atoms with Gasteiger partial charge in [0.05, 0.1) is 0 Å². The first kappa shape index (κ1) is 30.5. The molecule has 3 amide bonds. The quantitative estimate of drug-likeness (QED) is 0.484. The highest BCUT2D eigenvalue weighted by molar-refractivity contribution is 5.92. The van der Waals surface area contributed by atoms with Gasteiger partial charge in [-0.25, -0.2) is 4.79 Å². The van der Waals surface area contributed by atoms with Crippen molar-refractivity contribution in [2.45, 2.75) is 112 Å². The number of nitrogens with one attached hydrogen (secondary N) is 2. The van der Waals surface area contributed by atoms with Crippen LogP contribution in [0.15, 0.2) is 18.2 Å². The molecule has 1 aromatic rings. The van der Waals surface area contributed by atoms with E-state index in [1.54, 1.807) is 25.7 Å². The third kappa shape index (κ3) is 9.54. The minimum absolute atomic E-state index is 0.153. The first-order chi connectivity index (χ1) is 16.0. The maximum absolute atomic E-state index is 14.1. The predicted molar refractivity (Wildman–Crippen MR) is 141 cm³/mol. The lowest BCUT2D eigenvalue weighted by molar-refractivity contribution is -0.144. The third-order valence-electron chi connectivity index (χ3n) is 5.69. The van der Waals surface area contributed by atoms with E-state index in [0.717, 1.165) is 16.7 Å². The van der Waals surface area contributed by atoms with E-state index in [-0.39, 0.29) is 17.7 Å². The van der Waals surface area contributed by atoms with Gasteiger partial charge < -0.3 is 20.3 Å². The molecule has 0 bridgehead atoms. The lowest BCUT2D eigenvalue weighted by atomic mass is 9.93. The molecule has 0 saturated heterocycles. The molecule has 0 fully saturated rings. The summed E-state index contributed by atoms with van der Waals surface area (Å²) in [6.07, 6.45) is 0.694. The van der Waals surface area contributed by atoms with Gasteiger partial charge in [-0.3, -0.25) is 9.59 Å². The maximum atomic E-state index is 14.1. The van der Waals surface area contributed by atoms with Crippen molar-refractivity contribution in [2.24, 2.45) is 5.92 Å². The van der Waals surface area contributed by atoms with Gasteiger partial charge in [-0.1, -0.05) is 51.0 Å². The van der Waals surface area contributed by atoms with Crippen LogP contribution < -0.4 is 10.6 Å². The van der Waals surface area contributed by atoms with E-state index in [0.29, 0.717) is 19.4 Å². The number of alkyl carbamates (subject to hydrolysis) is 1. The summed E-state index contributed by atoms with van der Waals surface area (Å²) in [4.78, 5) is 42.1. The van der Waals surface area contributed by atoms with Crippen molar-refractivity contribution in [1.29, 1.82) is 0 Å². The number of aryl methyl sites for hydroxylation is 2. The summed E-state index contributed by atoms with van der Waals surface area (Å²) in [6, 6.07) is 4.29. The normalized spacial score (nSPS) is 14.5. The molecule has 0 saturated carbocycles. The number of rotatable bonds is 9. The molecule has 0 heterocycles. The summed E-state index contributed by atoms with van der Waals surface area (Å²) in [6.45, 7) is 21.3. The van der Waals surface area contributed by atoms with Crippen LogP contribution in [0.1, 0.15) is 97.9 Å². The van der Waals surface area contributed by atoms with Crippen molar-refractivity contribution in [2.75, 3.05) is 6.54 Å². The average molecular weight is 490 g/mol. The van der Waals surface area contributed by atoms with Gasteiger partial charge in [0.2, 0.25) is 11.8 Å². The van der Waals surface area contributed by atoms with E-state index in [2.05, 4.69) is 10.6 Å². The fourth-order valence-corrected chi connectivity index (χ4v) is 3.85. The Balaban J connectivity index is 3.58. The van der Waals surface area contributed by atoms with Gasteiger partial charge in [0.15, 0.2) is 0 Å². The molecule has 3 unspecified atom stereocenters. The van der Waals surface area contributed by atoms with E-state index in [1.165, 1.54) is 0 Å². The Labute approximate surface area is 212 Å². The third-order valence-corrected chi connectivity index (χ3v) is 5.69. The molecule has 0 aliphatic heterocycles. The second-order valence-corrected chi connectivity index (χ2v) is 11.5. The summed E-state index contributed by atoms with van der Waals surface area (Å²) in [7, 11) is 0. The molecule has 0 aliphatic carbocycles. The number of nitrogens with zero attached hydrogens (tertiary/aromatic N) is 1. The van der Waals surface area contributed by atoms with Gasteiger partial charge in [0.25, 0.3) is 0 Å². The van der Waals surface area contributed by atoms with Gasteiger partial charge in [-0.05, 0) is 78.9 Å². The summed E-state index contributed by atoms with van der Waals surface area (Å²) in [5.41, 5.74) is 1.56. The molecular weight excluding hydrogens is 442 g/mol. The van der Waals surface area contributed by atoms with E-state index in [1.807, 2.05) is 73.6 Å². The van der Waals surface area contributed by atoms with Crippen molar-refractivity contribution < 1.29 is 19.1 Å². The molecule has 198 valence electrons. The summed E-state index contributed by atoms with van der Waals surface area (Å²) in [5.74, 6) is -0.686. The van der Waals surface area contributed by atoms with Crippen LogP contribution in [0.4, 0.5) is 4.79 Å². The molecule has 35 heavy (non-hydrogen) atoms. The Kier molecular flexibility index (Phi) is 10.8. The monoisotopic (exact) mass is 489 g/mol. The number of benzene rings is 1. The molecule has 2 N–H and O–H groups in total. The molecule has 1 aromatic carbocycles. The Hall–Kier alpha value is -2.57. The minimum atomic E-state index is -0.825. The van der Waals surface area contributed by atoms with Crippen LogP contribution >= 0.6 is 0 Å². The number of hydrogen-bond acceptors (Lipinski definition) is 4. The van der Waals surface area contributed by atoms with Gasteiger partial charge in [0, 0.05) is 12.1 Å². The minimum Gasteiger partial charge on any atom is -0.444 e. The van der Waals surface area contributed by atoms with E-state index >= 15 is 0 Å². The Morgan fingerprint density at radius 1 is 1.03 bits per heavy atom. The Morgan fingerprint density at radius 2 is 1.63 bits per heavy atom. The lowest BCUT2D eigenvalue weighted by Gasteiger charge is -2.37. The van der Waals surface area contributed by atoms with Gasteiger partial charge in [-0.2, -0.15) is 0 Å². The van der Waals surface area contributed by atoms with Crippen LogP contribution in [0, 0.1) is 19.8 Å². The van der Waals surface area contributed by atoms with Crippen LogP contribution in [-0.4, -0.2) is 46.5 Å². The predicted octanol–water partition coefficient (Wildman–Crippen LogP) is 5.44. The molecule has 0 aromatic heterocycles. The van der Waals surface area contributed by atoms with Crippen LogP contribution in [0.3, 0.4) is 0 Å². The van der Waals surface area contributed by atoms with E-state index < -0.39 is 29.3 Å². The number of amides is 3. The zero-order valence-electron chi connectivity index (χ0n) is 23.7. The van der Waals surface area contributed by atoms with Crippen molar-refractivity contribution in [3.8, 4) is 0 Å². The zero-order valence-corrected chi connectivity index (χ0v) is 23.7. The second-order valence-electron chi connectivity index (χ2n) is 11.5. The van der Waals surface area contributed by atoms with E-state index in [4.69, 9.17) is 4.74 Å². The van der Waals surface area contributed by atoms with Crippen molar-refractivity contribution in [3.63, 3.8) is 0 Å². The van der Waals surface area contributed by atoms with Gasteiger partial charge in [0.1, 0.15) is 17.7 Å². The highest BCUT2D eigenvalue weighted by Gasteiger charge is 2.39. The lowest BCUT2D eigenvalue weighted by Crippen LogP contribution is -2.56. The molecular formula is C28H47N3O4. The molecule has 3 atom stereocenters. The van der Waals surface area contributed by atoms with Gasteiger partial charge >= 0.3 is 6.09 Å². The molecule has 7 nitrogen and oxygen atoms in total. The molecule has 0 spiro atoms. The number of carbonyl (C=O) groups is 3. The van der Waals surface area contributed by atoms with Crippen LogP contribution in [0.2, 0.25) is 0 Å². The number of carbonyl (C=O) groups excluding carboxylic acids is 3. The smallest absolute Gasteiger partial charge is 0.408 e. The Morgan fingerprint density at radius 3 is 2.11 bits per heavy atom. The summed E-state index contributed by atoms with van der Waals surface area (Å²) >= 11 is 0. The highest BCUT2D eigenvalue weighted by Crippen LogP contribution is 2.28. The standard InChI is InChI=1S/C28H47N3O4/c1-12-16-31(25(33)22(19(4)13-2)29-26(34)35-28(9,10)11)23(24(32)30-27(6,7)8)21-17-18(3)14-15-20(21)5/h14-15,17,19,22-23H,12-13,16H2,1-11H3,(H,29,34)(H,30,32). The topological polar surface area (TPSA) is 87.7 Å². The van der Waals surface area contributed by atoms with Crippen LogP contribution in [0.5, 0.6) is 0 Å². The van der Waals surface area contributed by atoms with Crippen molar-refractivity contribution >= 4 is 17.9 Å². The van der Waals surface area contributed by atoms with Crippen LogP contribution in [0.25, 0.3) is 0 Å². The molecule has 0 aliphatic rings. The fourth-order valence-electron chi connectivity index (χ4n) is 3.85. The molecule has 7 heteroatoms. The highest BCUT2D eigenvalue weighted by atomic mass is 16.6. The molecule has 1 rings (SSSR count). The molecule has 0 radical (unpaired) electrons. The average Bonchev–Trinajstić information content (AvgIpc) is 2.70.